The van der Waals surface area contributed by atoms with Crippen molar-refractivity contribution in [2.75, 3.05) is 7.05 Å². The van der Waals surface area contributed by atoms with E-state index in [-0.39, 0.29) is 0 Å². The Morgan fingerprint density at radius 3 is 2.62 bits per heavy atom. The van der Waals surface area contributed by atoms with Crippen molar-refractivity contribution >= 4 is 11.3 Å². The highest BCUT2D eigenvalue weighted by molar-refractivity contribution is 7.12. The molecule has 0 unspecified atom stereocenters. The smallest absolute Gasteiger partial charge is 0.0933 e. The molecule has 0 aliphatic heterocycles. The summed E-state index contributed by atoms with van der Waals surface area (Å²) in [5, 5.41) is 4.41. The average Bonchev–Trinajstić information content (AvgIpc) is 2.74. The number of aromatic nitrogens is 1. The Hall–Kier alpha value is -1.19. The fourth-order valence-corrected chi connectivity index (χ4v) is 2.70. The molecule has 0 spiro atoms. The van der Waals surface area contributed by atoms with Gasteiger partial charge in [-0.1, -0.05) is 37.3 Å². The molecule has 0 saturated carbocycles. The lowest BCUT2D eigenvalue weighted by atomic mass is 10.1. The number of aryl methyl sites for hydroxylation is 1. The SMILES string of the molecule is CCc1nc(-c2ccccc2)c(CNC)s1. The molecule has 0 aliphatic rings. The molecule has 1 N–H and O–H groups in total. The van der Waals surface area contributed by atoms with Crippen molar-refractivity contribution < 1.29 is 0 Å². The molecule has 0 amide bonds. The second-order valence-corrected chi connectivity index (χ2v) is 4.80. The van der Waals surface area contributed by atoms with Crippen LogP contribution in [0.3, 0.4) is 0 Å². The summed E-state index contributed by atoms with van der Waals surface area (Å²) in [4.78, 5) is 6.02. The zero-order valence-electron chi connectivity index (χ0n) is 9.66. The third-order valence-electron chi connectivity index (χ3n) is 2.43. The fraction of sp³-hybridized carbons (Fsp3) is 0.308. The van der Waals surface area contributed by atoms with Gasteiger partial charge in [-0.15, -0.1) is 11.3 Å². The van der Waals surface area contributed by atoms with Crippen LogP contribution in [0.4, 0.5) is 0 Å². The minimum Gasteiger partial charge on any atom is -0.315 e. The van der Waals surface area contributed by atoms with Gasteiger partial charge >= 0.3 is 0 Å². The van der Waals surface area contributed by atoms with Crippen LogP contribution in [0.25, 0.3) is 11.3 Å². The fourth-order valence-electron chi connectivity index (χ4n) is 1.65. The highest BCUT2D eigenvalue weighted by Crippen LogP contribution is 2.28. The number of hydrogen-bond donors (Lipinski definition) is 1. The minimum atomic E-state index is 0.891. The first-order chi connectivity index (χ1) is 7.85. The summed E-state index contributed by atoms with van der Waals surface area (Å²) >= 11 is 1.81. The van der Waals surface area contributed by atoms with E-state index in [1.54, 1.807) is 11.3 Å². The van der Waals surface area contributed by atoms with Gasteiger partial charge in [0.2, 0.25) is 0 Å². The van der Waals surface area contributed by atoms with Gasteiger partial charge in [-0.25, -0.2) is 4.98 Å². The molecule has 1 heterocycles. The van der Waals surface area contributed by atoms with Gasteiger partial charge in [-0.2, -0.15) is 0 Å². The maximum absolute atomic E-state index is 4.70. The number of hydrogen-bond acceptors (Lipinski definition) is 3. The van der Waals surface area contributed by atoms with Crippen LogP contribution in [-0.2, 0) is 13.0 Å². The van der Waals surface area contributed by atoms with E-state index in [9.17, 15) is 0 Å². The second kappa shape index (κ2) is 5.23. The molecule has 0 aliphatic carbocycles. The standard InChI is InChI=1S/C13H16N2S/c1-3-12-15-13(11(16-12)9-14-2)10-7-5-4-6-8-10/h4-8,14H,3,9H2,1-2H3. The van der Waals surface area contributed by atoms with Crippen molar-refractivity contribution in [1.82, 2.24) is 10.3 Å². The molecule has 84 valence electrons. The summed E-state index contributed by atoms with van der Waals surface area (Å²) in [5.41, 5.74) is 2.35. The average molecular weight is 232 g/mol. The van der Waals surface area contributed by atoms with E-state index < -0.39 is 0 Å². The Morgan fingerprint density at radius 2 is 2.00 bits per heavy atom. The Bertz CT molecular complexity index is 448. The molecule has 0 saturated heterocycles. The topological polar surface area (TPSA) is 24.9 Å². The zero-order valence-corrected chi connectivity index (χ0v) is 10.5. The monoisotopic (exact) mass is 232 g/mol. The first-order valence-electron chi connectivity index (χ1n) is 5.53. The maximum Gasteiger partial charge on any atom is 0.0933 e. The van der Waals surface area contributed by atoms with E-state index in [0.717, 1.165) is 18.7 Å². The van der Waals surface area contributed by atoms with E-state index in [2.05, 4.69) is 36.5 Å². The van der Waals surface area contributed by atoms with Crippen molar-refractivity contribution in [2.45, 2.75) is 19.9 Å². The number of rotatable bonds is 4. The predicted molar refractivity (Wildman–Crippen MR) is 69.7 cm³/mol. The van der Waals surface area contributed by atoms with Crippen molar-refractivity contribution in [2.24, 2.45) is 0 Å². The summed E-state index contributed by atoms with van der Waals surface area (Å²) in [7, 11) is 1.97. The number of nitrogens with zero attached hydrogens (tertiary/aromatic N) is 1. The van der Waals surface area contributed by atoms with Crippen LogP contribution in [0.2, 0.25) is 0 Å². The van der Waals surface area contributed by atoms with Gasteiger partial charge in [0.25, 0.3) is 0 Å². The lowest BCUT2D eigenvalue weighted by Gasteiger charge is -2.00. The van der Waals surface area contributed by atoms with E-state index in [4.69, 9.17) is 4.98 Å². The third kappa shape index (κ3) is 2.31. The summed E-state index contributed by atoms with van der Waals surface area (Å²) in [6, 6.07) is 10.4. The molecule has 1 aromatic carbocycles. The van der Waals surface area contributed by atoms with Gasteiger partial charge in [0.1, 0.15) is 0 Å². The van der Waals surface area contributed by atoms with Gasteiger partial charge in [0.15, 0.2) is 0 Å². The molecule has 0 radical (unpaired) electrons. The quantitative estimate of drug-likeness (QED) is 0.876. The predicted octanol–water partition coefficient (Wildman–Crippen LogP) is 3.09. The summed E-state index contributed by atoms with van der Waals surface area (Å²) in [6.07, 6.45) is 1.01. The molecule has 0 fully saturated rings. The normalized spacial score (nSPS) is 10.6. The Balaban J connectivity index is 2.42. The van der Waals surface area contributed by atoms with Crippen LogP contribution in [-0.4, -0.2) is 12.0 Å². The highest BCUT2D eigenvalue weighted by atomic mass is 32.1. The molecule has 1 aromatic heterocycles. The van der Waals surface area contributed by atoms with Gasteiger partial charge in [-0.3, -0.25) is 0 Å². The van der Waals surface area contributed by atoms with Crippen LogP contribution in [0.15, 0.2) is 30.3 Å². The summed E-state index contributed by atoms with van der Waals surface area (Å²) in [5.74, 6) is 0. The Morgan fingerprint density at radius 1 is 1.25 bits per heavy atom. The zero-order chi connectivity index (χ0) is 11.4. The van der Waals surface area contributed by atoms with Gasteiger partial charge < -0.3 is 5.32 Å². The lowest BCUT2D eigenvalue weighted by Crippen LogP contribution is -2.04. The van der Waals surface area contributed by atoms with Crippen LogP contribution in [0.5, 0.6) is 0 Å². The molecule has 2 nitrogen and oxygen atoms in total. The van der Waals surface area contributed by atoms with Crippen molar-refractivity contribution in [3.63, 3.8) is 0 Å². The molecular weight excluding hydrogens is 216 g/mol. The summed E-state index contributed by atoms with van der Waals surface area (Å²) < 4.78 is 0. The maximum atomic E-state index is 4.70. The van der Waals surface area contributed by atoms with Crippen LogP contribution in [0, 0.1) is 0 Å². The molecular formula is C13H16N2S. The Kier molecular flexibility index (Phi) is 3.70. The van der Waals surface area contributed by atoms with E-state index in [0.29, 0.717) is 0 Å². The molecule has 2 aromatic rings. The van der Waals surface area contributed by atoms with Crippen LogP contribution < -0.4 is 5.32 Å². The minimum absolute atomic E-state index is 0.891. The van der Waals surface area contributed by atoms with Gasteiger partial charge in [-0.05, 0) is 13.5 Å². The third-order valence-corrected chi connectivity index (χ3v) is 3.63. The van der Waals surface area contributed by atoms with Crippen molar-refractivity contribution in [3.8, 4) is 11.3 Å². The first kappa shape index (κ1) is 11.3. The van der Waals surface area contributed by atoms with E-state index >= 15 is 0 Å². The van der Waals surface area contributed by atoms with Gasteiger partial charge in [0.05, 0.1) is 10.7 Å². The van der Waals surface area contributed by atoms with E-state index in [1.807, 2.05) is 13.1 Å². The molecule has 0 bridgehead atoms. The van der Waals surface area contributed by atoms with Gasteiger partial charge in [0, 0.05) is 17.0 Å². The lowest BCUT2D eigenvalue weighted by molar-refractivity contribution is 0.830. The number of nitrogens with one attached hydrogen (secondary N) is 1. The molecule has 16 heavy (non-hydrogen) atoms. The van der Waals surface area contributed by atoms with E-state index in [1.165, 1.54) is 15.4 Å². The second-order valence-electron chi connectivity index (χ2n) is 3.63. The number of benzene rings is 1. The molecule has 3 heteroatoms. The number of thiazole rings is 1. The summed E-state index contributed by atoms with van der Waals surface area (Å²) in [6.45, 7) is 3.04. The molecule has 0 atom stereocenters. The van der Waals surface area contributed by atoms with Crippen molar-refractivity contribution in [1.29, 1.82) is 0 Å². The molecule has 2 rings (SSSR count). The largest absolute Gasteiger partial charge is 0.315 e. The highest BCUT2D eigenvalue weighted by Gasteiger charge is 2.10. The van der Waals surface area contributed by atoms with Crippen LogP contribution in [0.1, 0.15) is 16.8 Å². The Labute approximate surface area is 100 Å². The van der Waals surface area contributed by atoms with Crippen LogP contribution >= 0.6 is 11.3 Å². The van der Waals surface area contributed by atoms with Crippen molar-refractivity contribution in [3.05, 3.63) is 40.2 Å². The first-order valence-corrected chi connectivity index (χ1v) is 6.35.